The number of carbonyl (C=O) groups is 1. The third-order valence-corrected chi connectivity index (χ3v) is 5.54. The summed E-state index contributed by atoms with van der Waals surface area (Å²) in [5, 5.41) is 2.80. The van der Waals surface area contributed by atoms with Gasteiger partial charge in [0.05, 0.1) is 26.8 Å². The minimum atomic E-state index is -0.382. The fraction of sp³-hybridized carbons (Fsp3) is 0.240. The number of fused-ring (bicyclic) bond motifs is 1. The van der Waals surface area contributed by atoms with Gasteiger partial charge in [-0.3, -0.25) is 9.69 Å². The number of hydrogen-bond acceptors (Lipinski definition) is 4. The van der Waals surface area contributed by atoms with Crippen LogP contribution in [0, 0.1) is 5.82 Å². The number of nitrogens with zero attached hydrogens (tertiary/aromatic N) is 1. The summed E-state index contributed by atoms with van der Waals surface area (Å²) in [6.45, 7) is 0.891. The van der Waals surface area contributed by atoms with Crippen LogP contribution >= 0.6 is 0 Å². The van der Waals surface area contributed by atoms with Gasteiger partial charge in [-0.2, -0.15) is 0 Å². The first-order valence-electron chi connectivity index (χ1n) is 10.2. The molecule has 3 aromatic rings. The number of rotatable bonds is 6. The Morgan fingerprint density at radius 1 is 1.03 bits per heavy atom. The fourth-order valence-corrected chi connectivity index (χ4v) is 4.14. The van der Waals surface area contributed by atoms with Crippen molar-refractivity contribution in [3.05, 3.63) is 89.2 Å². The summed E-state index contributed by atoms with van der Waals surface area (Å²) in [7, 11) is 3.25. The molecule has 0 fully saturated rings. The minimum absolute atomic E-state index is 0.108. The lowest BCUT2D eigenvalue weighted by atomic mass is 9.87. The van der Waals surface area contributed by atoms with Crippen LogP contribution in [0.3, 0.4) is 0 Å². The van der Waals surface area contributed by atoms with Gasteiger partial charge >= 0.3 is 0 Å². The Bertz CT molecular complexity index is 1070. The Kier molecular flexibility index (Phi) is 6.18. The molecule has 0 saturated heterocycles. The van der Waals surface area contributed by atoms with Gasteiger partial charge in [0, 0.05) is 12.2 Å². The van der Waals surface area contributed by atoms with E-state index in [-0.39, 0.29) is 24.3 Å². The van der Waals surface area contributed by atoms with Crippen LogP contribution in [-0.2, 0) is 11.2 Å². The zero-order valence-corrected chi connectivity index (χ0v) is 17.6. The first-order valence-corrected chi connectivity index (χ1v) is 10.2. The molecule has 0 spiro atoms. The quantitative estimate of drug-likeness (QED) is 0.641. The molecule has 31 heavy (non-hydrogen) atoms. The molecule has 0 aliphatic carbocycles. The van der Waals surface area contributed by atoms with Crippen LogP contribution in [0.15, 0.2) is 66.7 Å². The summed E-state index contributed by atoms with van der Waals surface area (Å²) in [6, 6.07) is 19.9. The molecule has 0 saturated carbocycles. The summed E-state index contributed by atoms with van der Waals surface area (Å²) in [4.78, 5) is 14.9. The van der Waals surface area contributed by atoms with Gasteiger partial charge in [0.1, 0.15) is 5.82 Å². The average Bonchev–Trinajstić information content (AvgIpc) is 2.78. The van der Waals surface area contributed by atoms with Crippen molar-refractivity contribution in [3.8, 4) is 11.5 Å². The highest BCUT2D eigenvalue weighted by Gasteiger charge is 2.31. The zero-order valence-electron chi connectivity index (χ0n) is 17.6. The van der Waals surface area contributed by atoms with E-state index >= 15 is 0 Å². The molecule has 5 nitrogen and oxygen atoms in total. The number of anilines is 1. The predicted octanol–water partition coefficient (Wildman–Crippen LogP) is 4.43. The maximum atomic E-state index is 13.5. The molecule has 1 amide bonds. The van der Waals surface area contributed by atoms with E-state index < -0.39 is 0 Å². The first kappa shape index (κ1) is 20.9. The molecule has 0 unspecified atom stereocenters. The van der Waals surface area contributed by atoms with Crippen LogP contribution in [0.4, 0.5) is 10.1 Å². The molecular weight excluding hydrogens is 395 g/mol. The van der Waals surface area contributed by atoms with E-state index in [1.165, 1.54) is 17.7 Å². The van der Waals surface area contributed by atoms with Crippen molar-refractivity contribution in [1.82, 2.24) is 4.90 Å². The lowest BCUT2D eigenvalue weighted by Crippen LogP contribution is -2.41. The van der Waals surface area contributed by atoms with Crippen molar-refractivity contribution in [1.29, 1.82) is 0 Å². The smallest absolute Gasteiger partial charge is 0.238 e. The molecule has 6 heteroatoms. The molecule has 160 valence electrons. The molecule has 3 aromatic carbocycles. The van der Waals surface area contributed by atoms with Gasteiger partial charge in [-0.25, -0.2) is 4.39 Å². The van der Waals surface area contributed by atoms with E-state index in [0.717, 1.165) is 17.5 Å². The van der Waals surface area contributed by atoms with Gasteiger partial charge < -0.3 is 14.8 Å². The molecule has 1 aliphatic heterocycles. The van der Waals surface area contributed by atoms with Gasteiger partial charge in [0.15, 0.2) is 11.5 Å². The molecular formula is C25H25FN2O3. The van der Waals surface area contributed by atoms with Crippen LogP contribution in [0.1, 0.15) is 22.7 Å². The lowest BCUT2D eigenvalue weighted by molar-refractivity contribution is -0.117. The molecule has 1 aliphatic rings. The Hall–Kier alpha value is -3.38. The Balaban J connectivity index is 1.65. The van der Waals surface area contributed by atoms with Crippen molar-refractivity contribution >= 4 is 11.6 Å². The molecule has 1 heterocycles. The number of methoxy groups -OCH3 is 2. The highest BCUT2D eigenvalue weighted by Crippen LogP contribution is 2.40. The number of amides is 1. The summed E-state index contributed by atoms with van der Waals surface area (Å²) < 4.78 is 24.5. The Morgan fingerprint density at radius 3 is 2.48 bits per heavy atom. The number of carbonyl (C=O) groups excluding carboxylic acids is 1. The van der Waals surface area contributed by atoms with Crippen LogP contribution < -0.4 is 14.8 Å². The summed E-state index contributed by atoms with van der Waals surface area (Å²) in [5.74, 6) is 0.793. The third-order valence-electron chi connectivity index (χ3n) is 5.54. The topological polar surface area (TPSA) is 50.8 Å². The summed E-state index contributed by atoms with van der Waals surface area (Å²) in [5.41, 5.74) is 3.81. The van der Waals surface area contributed by atoms with Crippen molar-refractivity contribution in [2.24, 2.45) is 0 Å². The number of hydrogen-bond donors (Lipinski definition) is 1. The normalized spacial score (nSPS) is 15.8. The average molecular weight is 420 g/mol. The van der Waals surface area contributed by atoms with E-state index in [1.54, 1.807) is 26.4 Å². The van der Waals surface area contributed by atoms with E-state index in [9.17, 15) is 9.18 Å². The Labute approximate surface area is 181 Å². The van der Waals surface area contributed by atoms with E-state index in [0.29, 0.717) is 23.7 Å². The summed E-state index contributed by atoms with van der Waals surface area (Å²) >= 11 is 0. The second kappa shape index (κ2) is 9.18. The van der Waals surface area contributed by atoms with Crippen LogP contribution in [0.2, 0.25) is 0 Å². The standard InChI is InChI=1S/C25H25FN2O3/c1-30-22-13-18-11-12-28(16-24(29)27-20-10-6-9-19(26)14-20)25(17-7-4-3-5-8-17)21(18)15-23(22)31-2/h3-10,13-15,25H,11-12,16H2,1-2H3,(H,27,29)/t25-/m0/s1. The highest BCUT2D eigenvalue weighted by atomic mass is 19.1. The van der Waals surface area contributed by atoms with Crippen LogP contribution in [-0.4, -0.2) is 38.1 Å². The van der Waals surface area contributed by atoms with E-state index in [4.69, 9.17) is 9.47 Å². The number of halogens is 1. The van der Waals surface area contributed by atoms with Crippen molar-refractivity contribution < 1.29 is 18.7 Å². The minimum Gasteiger partial charge on any atom is -0.493 e. The lowest BCUT2D eigenvalue weighted by Gasteiger charge is -2.37. The van der Waals surface area contributed by atoms with Crippen LogP contribution in [0.25, 0.3) is 0 Å². The monoisotopic (exact) mass is 420 g/mol. The third kappa shape index (κ3) is 4.54. The largest absolute Gasteiger partial charge is 0.493 e. The van der Waals surface area contributed by atoms with Gasteiger partial charge in [-0.1, -0.05) is 36.4 Å². The number of nitrogens with one attached hydrogen (secondary N) is 1. The Morgan fingerprint density at radius 2 is 1.77 bits per heavy atom. The van der Waals surface area contributed by atoms with Crippen molar-refractivity contribution in [2.75, 3.05) is 32.6 Å². The van der Waals surface area contributed by atoms with Gasteiger partial charge in [0.25, 0.3) is 0 Å². The molecule has 0 radical (unpaired) electrons. The second-order valence-corrected chi connectivity index (χ2v) is 7.50. The summed E-state index contributed by atoms with van der Waals surface area (Å²) in [6.07, 6.45) is 0.784. The number of ether oxygens (including phenoxy) is 2. The number of benzene rings is 3. The van der Waals surface area contributed by atoms with Gasteiger partial charge in [0.2, 0.25) is 5.91 Å². The molecule has 1 N–H and O–H groups in total. The zero-order chi connectivity index (χ0) is 21.8. The van der Waals surface area contributed by atoms with E-state index in [2.05, 4.69) is 22.3 Å². The van der Waals surface area contributed by atoms with Gasteiger partial charge in [-0.05, 0) is 53.4 Å². The van der Waals surface area contributed by atoms with Gasteiger partial charge in [-0.15, -0.1) is 0 Å². The second-order valence-electron chi connectivity index (χ2n) is 7.50. The van der Waals surface area contributed by atoms with Crippen LogP contribution in [0.5, 0.6) is 11.5 Å². The molecule has 4 rings (SSSR count). The molecule has 1 atom stereocenters. The van der Waals surface area contributed by atoms with Crippen molar-refractivity contribution in [3.63, 3.8) is 0 Å². The molecule has 0 aromatic heterocycles. The SMILES string of the molecule is COc1cc2c(cc1OC)[C@H](c1ccccc1)N(CC(=O)Nc1cccc(F)c1)CC2. The fourth-order valence-electron chi connectivity index (χ4n) is 4.14. The first-order chi connectivity index (χ1) is 15.1. The molecule has 0 bridgehead atoms. The highest BCUT2D eigenvalue weighted by molar-refractivity contribution is 5.92. The maximum Gasteiger partial charge on any atom is 0.238 e. The predicted molar refractivity (Wildman–Crippen MR) is 118 cm³/mol. The van der Waals surface area contributed by atoms with E-state index in [1.807, 2.05) is 30.3 Å². The van der Waals surface area contributed by atoms with Crippen molar-refractivity contribution in [2.45, 2.75) is 12.5 Å². The maximum absolute atomic E-state index is 13.5.